The number of hydrogen-bond acceptors (Lipinski definition) is 4. The fourth-order valence-corrected chi connectivity index (χ4v) is 3.64. The van der Waals surface area contributed by atoms with Crippen molar-refractivity contribution < 1.29 is 14.7 Å². The second-order valence-electron chi connectivity index (χ2n) is 8.56. The molecule has 0 atom stereocenters. The van der Waals surface area contributed by atoms with Gasteiger partial charge in [-0.1, -0.05) is 116 Å². The maximum Gasteiger partial charge on any atom is 0.324 e. The summed E-state index contributed by atoms with van der Waals surface area (Å²) in [5, 5.41) is 8.74. The Morgan fingerprint density at radius 1 is 0.621 bits per heavy atom. The highest BCUT2D eigenvalue weighted by atomic mass is 16.7. The van der Waals surface area contributed by atoms with Gasteiger partial charge >= 0.3 is 5.97 Å². The Balaban J connectivity index is 3.04. The van der Waals surface area contributed by atoms with Crippen LogP contribution in [-0.2, 0) is 9.63 Å². The predicted octanol–water partition coefficient (Wildman–Crippen LogP) is 7.24. The van der Waals surface area contributed by atoms with Crippen molar-refractivity contribution in [2.24, 2.45) is 0 Å². The molecular formula is C25H51NO3. The lowest BCUT2D eigenvalue weighted by molar-refractivity contribution is -0.151. The predicted molar refractivity (Wildman–Crippen MR) is 124 cm³/mol. The van der Waals surface area contributed by atoms with Crippen LogP contribution in [0.4, 0.5) is 0 Å². The van der Waals surface area contributed by atoms with Gasteiger partial charge in [0.15, 0.2) is 0 Å². The Labute approximate surface area is 181 Å². The monoisotopic (exact) mass is 413 g/mol. The largest absolute Gasteiger partial charge is 0.396 e. The average molecular weight is 414 g/mol. The van der Waals surface area contributed by atoms with E-state index in [9.17, 15) is 4.79 Å². The second-order valence-corrected chi connectivity index (χ2v) is 8.56. The van der Waals surface area contributed by atoms with E-state index in [0.717, 1.165) is 32.2 Å². The van der Waals surface area contributed by atoms with Crippen molar-refractivity contribution in [3.63, 3.8) is 0 Å². The van der Waals surface area contributed by atoms with E-state index in [-0.39, 0.29) is 5.97 Å². The molecular weight excluding hydrogens is 362 g/mol. The lowest BCUT2D eigenvalue weighted by Crippen LogP contribution is -2.20. The molecule has 0 aliphatic heterocycles. The molecule has 0 unspecified atom stereocenters. The van der Waals surface area contributed by atoms with Gasteiger partial charge in [0, 0.05) is 19.6 Å². The maximum absolute atomic E-state index is 11.3. The van der Waals surface area contributed by atoms with Crippen LogP contribution in [0.2, 0.25) is 0 Å². The van der Waals surface area contributed by atoms with Crippen molar-refractivity contribution in [2.45, 2.75) is 142 Å². The molecule has 0 fully saturated rings. The second kappa shape index (κ2) is 25.4. The molecule has 0 amide bonds. The number of hydrogen-bond donors (Lipinski definition) is 2. The number of carbonyl (C=O) groups is 1. The summed E-state index contributed by atoms with van der Waals surface area (Å²) in [4.78, 5) is 16.3. The average Bonchev–Trinajstić information content (AvgIpc) is 2.73. The summed E-state index contributed by atoms with van der Waals surface area (Å²) < 4.78 is 0. The maximum atomic E-state index is 11.3. The van der Waals surface area contributed by atoms with Gasteiger partial charge in [-0.25, -0.2) is 0 Å². The summed E-state index contributed by atoms with van der Waals surface area (Å²) in [6, 6.07) is 0. The number of unbranched alkanes of at least 4 members (excludes halogenated alkanes) is 18. The van der Waals surface area contributed by atoms with E-state index in [1.807, 2.05) is 0 Å². The summed E-state index contributed by atoms with van der Waals surface area (Å²) >= 11 is 0. The third-order valence-corrected chi connectivity index (χ3v) is 5.61. The highest BCUT2D eigenvalue weighted by Gasteiger charge is 2.01. The zero-order valence-electron chi connectivity index (χ0n) is 19.5. The Bertz CT molecular complexity index is 323. The van der Waals surface area contributed by atoms with E-state index in [2.05, 4.69) is 12.4 Å². The van der Waals surface area contributed by atoms with Crippen LogP contribution in [0.3, 0.4) is 0 Å². The Morgan fingerprint density at radius 2 is 1.00 bits per heavy atom. The van der Waals surface area contributed by atoms with Gasteiger partial charge in [0.25, 0.3) is 0 Å². The normalized spacial score (nSPS) is 11.1. The third-order valence-electron chi connectivity index (χ3n) is 5.61. The van der Waals surface area contributed by atoms with E-state index in [4.69, 9.17) is 9.94 Å². The molecule has 0 aromatic carbocycles. The number of nitrogens with one attached hydrogen (secondary N) is 1. The Kier molecular flexibility index (Phi) is 24.9. The van der Waals surface area contributed by atoms with Crippen LogP contribution in [0.25, 0.3) is 0 Å². The minimum absolute atomic E-state index is 0.128. The van der Waals surface area contributed by atoms with Crippen molar-refractivity contribution in [2.75, 3.05) is 13.2 Å². The summed E-state index contributed by atoms with van der Waals surface area (Å²) in [7, 11) is 0. The van der Waals surface area contributed by atoms with Crippen LogP contribution in [0.15, 0.2) is 0 Å². The van der Waals surface area contributed by atoms with Gasteiger partial charge in [-0.15, -0.1) is 0 Å². The first-order chi connectivity index (χ1) is 14.3. The summed E-state index contributed by atoms with van der Waals surface area (Å²) in [5.41, 5.74) is 2.79. The number of aliphatic hydroxyl groups excluding tert-OH is 1. The fourth-order valence-electron chi connectivity index (χ4n) is 3.64. The number of rotatable bonds is 24. The van der Waals surface area contributed by atoms with Gasteiger partial charge < -0.3 is 9.94 Å². The summed E-state index contributed by atoms with van der Waals surface area (Å²) in [6.07, 6.45) is 26.3. The highest BCUT2D eigenvalue weighted by Crippen LogP contribution is 2.14. The number of carbonyl (C=O) groups excluding carboxylic acids is 1. The van der Waals surface area contributed by atoms with Gasteiger partial charge in [0.1, 0.15) is 0 Å². The van der Waals surface area contributed by atoms with Crippen molar-refractivity contribution in [3.05, 3.63) is 0 Å². The lowest BCUT2D eigenvalue weighted by Gasteiger charge is -2.06. The quantitative estimate of drug-likeness (QED) is 0.129. The first-order valence-corrected chi connectivity index (χ1v) is 12.8. The molecule has 174 valence electrons. The minimum atomic E-state index is -0.128. The van der Waals surface area contributed by atoms with Crippen molar-refractivity contribution >= 4 is 5.97 Å². The molecule has 0 rings (SSSR count). The number of aliphatic hydroxyl groups is 1. The first-order valence-electron chi connectivity index (χ1n) is 12.8. The van der Waals surface area contributed by atoms with Crippen LogP contribution in [0, 0.1) is 0 Å². The van der Waals surface area contributed by atoms with Crippen LogP contribution in [0.1, 0.15) is 142 Å². The topological polar surface area (TPSA) is 58.6 Å². The molecule has 0 aromatic heterocycles. The molecule has 29 heavy (non-hydrogen) atoms. The Hall–Kier alpha value is -0.610. The molecule has 4 heteroatoms. The molecule has 0 aromatic rings. The fraction of sp³-hybridized carbons (Fsp3) is 0.960. The lowest BCUT2D eigenvalue weighted by atomic mass is 10.0. The van der Waals surface area contributed by atoms with E-state index in [0.29, 0.717) is 13.0 Å². The van der Waals surface area contributed by atoms with Crippen LogP contribution in [-0.4, -0.2) is 24.2 Å². The molecule has 0 aliphatic carbocycles. The van der Waals surface area contributed by atoms with E-state index < -0.39 is 0 Å². The molecule has 0 saturated heterocycles. The molecule has 2 N–H and O–H groups in total. The number of hydroxylamine groups is 1. The van der Waals surface area contributed by atoms with Gasteiger partial charge in [-0.05, 0) is 19.3 Å². The first kappa shape index (κ1) is 28.4. The molecule has 0 radical (unpaired) electrons. The molecule has 0 heterocycles. The zero-order chi connectivity index (χ0) is 21.3. The van der Waals surface area contributed by atoms with Crippen LogP contribution in [0.5, 0.6) is 0 Å². The van der Waals surface area contributed by atoms with Crippen molar-refractivity contribution in [1.82, 2.24) is 5.48 Å². The molecule has 0 aliphatic rings. The minimum Gasteiger partial charge on any atom is -0.396 e. The van der Waals surface area contributed by atoms with Crippen molar-refractivity contribution in [3.8, 4) is 0 Å². The Morgan fingerprint density at radius 3 is 1.38 bits per heavy atom. The third kappa shape index (κ3) is 25.4. The highest BCUT2D eigenvalue weighted by molar-refractivity contribution is 5.68. The van der Waals surface area contributed by atoms with Crippen LogP contribution < -0.4 is 5.48 Å². The van der Waals surface area contributed by atoms with E-state index >= 15 is 0 Å². The van der Waals surface area contributed by atoms with Gasteiger partial charge in [-0.3, -0.25) is 4.79 Å². The van der Waals surface area contributed by atoms with Crippen molar-refractivity contribution in [1.29, 1.82) is 0 Å². The standard InChI is InChI=1S/C25H51NO3/c1-2-3-22-25(28)29-26-23-20-18-16-14-12-10-8-6-4-5-7-9-11-13-15-17-19-21-24-27/h26-27H,2-24H2,1H3. The van der Waals surface area contributed by atoms with Gasteiger partial charge in [0.2, 0.25) is 0 Å². The molecule has 4 nitrogen and oxygen atoms in total. The van der Waals surface area contributed by atoms with Gasteiger partial charge in [0.05, 0.1) is 0 Å². The molecule has 0 spiro atoms. The summed E-state index contributed by atoms with van der Waals surface area (Å²) in [6.45, 7) is 3.22. The van der Waals surface area contributed by atoms with Gasteiger partial charge in [-0.2, -0.15) is 5.48 Å². The zero-order valence-corrected chi connectivity index (χ0v) is 19.5. The summed E-state index contributed by atoms with van der Waals surface area (Å²) in [5.74, 6) is -0.128. The molecule has 0 saturated carbocycles. The van der Waals surface area contributed by atoms with E-state index in [1.165, 1.54) is 103 Å². The smallest absolute Gasteiger partial charge is 0.324 e. The van der Waals surface area contributed by atoms with Crippen LogP contribution >= 0.6 is 0 Å². The van der Waals surface area contributed by atoms with E-state index in [1.54, 1.807) is 0 Å². The SMILES string of the molecule is CCCCC(=O)ONCCCCCCCCCCCCCCCCCCCCO. The molecule has 0 bridgehead atoms.